The number of benzene rings is 2. The number of furan rings is 1. The summed E-state index contributed by atoms with van der Waals surface area (Å²) in [4.78, 5) is 12.3. The van der Waals surface area contributed by atoms with Gasteiger partial charge >= 0.3 is 0 Å². The van der Waals surface area contributed by atoms with Crippen molar-refractivity contribution in [2.75, 3.05) is 11.1 Å². The second-order valence-corrected chi connectivity index (χ2v) is 7.85. The largest absolute Gasteiger partial charge is 0.467 e. The zero-order chi connectivity index (χ0) is 21.5. The summed E-state index contributed by atoms with van der Waals surface area (Å²) < 4.78 is 16.5. The van der Waals surface area contributed by atoms with Crippen LogP contribution in [0.3, 0.4) is 0 Å². The maximum Gasteiger partial charge on any atom is 0.277 e. The highest BCUT2D eigenvalue weighted by molar-refractivity contribution is 7.99. The van der Waals surface area contributed by atoms with Crippen molar-refractivity contribution in [2.24, 2.45) is 0 Å². The number of ether oxygens (including phenoxy) is 1. The SMILES string of the molecule is O=C(CSc1nnc(-c2ccc(Cl)cc2)o1)Nc1cccc(COCc2ccco2)c1. The Bertz CT molecular complexity index is 1130. The number of thioether (sulfide) groups is 1. The van der Waals surface area contributed by atoms with E-state index in [1.807, 2.05) is 36.4 Å². The third-order valence-corrected chi connectivity index (χ3v) is 5.20. The Morgan fingerprint density at radius 2 is 1.94 bits per heavy atom. The second-order valence-electron chi connectivity index (χ2n) is 6.49. The third-order valence-electron chi connectivity index (χ3n) is 4.13. The Balaban J connectivity index is 1.25. The number of aromatic nitrogens is 2. The van der Waals surface area contributed by atoms with Crippen molar-refractivity contribution in [1.29, 1.82) is 0 Å². The first-order chi connectivity index (χ1) is 15.2. The summed E-state index contributed by atoms with van der Waals surface area (Å²) in [5.74, 6) is 1.11. The van der Waals surface area contributed by atoms with Crippen molar-refractivity contribution < 1.29 is 18.4 Å². The molecule has 0 fully saturated rings. The first kappa shape index (κ1) is 21.2. The monoisotopic (exact) mass is 455 g/mol. The van der Waals surface area contributed by atoms with Crippen LogP contribution < -0.4 is 5.32 Å². The molecule has 0 saturated carbocycles. The van der Waals surface area contributed by atoms with Crippen molar-refractivity contribution in [1.82, 2.24) is 10.2 Å². The minimum atomic E-state index is -0.176. The van der Waals surface area contributed by atoms with Gasteiger partial charge in [0.1, 0.15) is 12.4 Å². The molecule has 2 aromatic heterocycles. The first-order valence-corrected chi connectivity index (χ1v) is 10.7. The molecule has 1 amide bonds. The van der Waals surface area contributed by atoms with Gasteiger partial charge in [0.15, 0.2) is 0 Å². The van der Waals surface area contributed by atoms with Gasteiger partial charge in [-0.05, 0) is 54.1 Å². The van der Waals surface area contributed by atoms with Gasteiger partial charge in [0, 0.05) is 16.3 Å². The van der Waals surface area contributed by atoms with Crippen molar-refractivity contribution in [3.05, 3.63) is 83.3 Å². The molecule has 0 spiro atoms. The van der Waals surface area contributed by atoms with Gasteiger partial charge < -0.3 is 18.9 Å². The molecule has 0 bridgehead atoms. The predicted octanol–water partition coefficient (Wildman–Crippen LogP) is 5.43. The standard InChI is InChI=1S/C22H18ClN3O4S/c23-17-8-6-16(7-9-17)21-25-26-22(30-21)31-14-20(27)24-18-4-1-3-15(11-18)12-28-13-19-5-2-10-29-19/h1-11H,12-14H2,(H,24,27). The summed E-state index contributed by atoms with van der Waals surface area (Å²) >= 11 is 7.05. The van der Waals surface area contributed by atoms with Crippen LogP contribution in [0.1, 0.15) is 11.3 Å². The molecule has 0 unspecified atom stereocenters. The highest BCUT2D eigenvalue weighted by Gasteiger charge is 2.12. The van der Waals surface area contributed by atoms with E-state index in [0.717, 1.165) is 16.9 Å². The average Bonchev–Trinajstić information content (AvgIpc) is 3.45. The smallest absolute Gasteiger partial charge is 0.277 e. The van der Waals surface area contributed by atoms with Crippen LogP contribution in [0.5, 0.6) is 0 Å². The van der Waals surface area contributed by atoms with Crippen molar-refractivity contribution in [3.8, 4) is 11.5 Å². The number of hydrogen-bond donors (Lipinski definition) is 1. The van der Waals surface area contributed by atoms with Gasteiger partial charge in [-0.1, -0.05) is 35.5 Å². The third kappa shape index (κ3) is 6.21. The van der Waals surface area contributed by atoms with Crippen molar-refractivity contribution in [2.45, 2.75) is 18.4 Å². The number of rotatable bonds is 9. The normalized spacial score (nSPS) is 10.9. The Morgan fingerprint density at radius 1 is 1.06 bits per heavy atom. The van der Waals surface area contributed by atoms with E-state index >= 15 is 0 Å². The molecule has 2 aromatic carbocycles. The lowest BCUT2D eigenvalue weighted by Gasteiger charge is -2.07. The lowest BCUT2D eigenvalue weighted by Crippen LogP contribution is -2.14. The van der Waals surface area contributed by atoms with E-state index in [4.69, 9.17) is 25.2 Å². The molecule has 0 aliphatic rings. The topological polar surface area (TPSA) is 90.4 Å². The van der Waals surface area contributed by atoms with Gasteiger partial charge in [-0.25, -0.2) is 0 Å². The number of nitrogens with one attached hydrogen (secondary N) is 1. The van der Waals surface area contributed by atoms with Crippen LogP contribution in [0, 0.1) is 0 Å². The highest BCUT2D eigenvalue weighted by Crippen LogP contribution is 2.24. The van der Waals surface area contributed by atoms with Gasteiger partial charge in [0.05, 0.1) is 18.6 Å². The van der Waals surface area contributed by atoms with E-state index in [0.29, 0.717) is 35.0 Å². The average molecular weight is 456 g/mol. The molecule has 4 aromatic rings. The van der Waals surface area contributed by atoms with Crippen molar-refractivity contribution in [3.63, 3.8) is 0 Å². The fraction of sp³-hybridized carbons (Fsp3) is 0.136. The van der Waals surface area contributed by atoms with E-state index in [1.54, 1.807) is 30.5 Å². The van der Waals surface area contributed by atoms with Gasteiger partial charge in [-0.2, -0.15) is 0 Å². The highest BCUT2D eigenvalue weighted by atomic mass is 35.5. The number of carbonyl (C=O) groups excluding carboxylic acids is 1. The summed E-state index contributed by atoms with van der Waals surface area (Å²) in [5.41, 5.74) is 2.40. The molecule has 2 heterocycles. The van der Waals surface area contributed by atoms with Gasteiger partial charge in [-0.3, -0.25) is 4.79 Å². The van der Waals surface area contributed by atoms with E-state index in [9.17, 15) is 4.79 Å². The number of halogens is 1. The van der Waals surface area contributed by atoms with Gasteiger partial charge in [0.25, 0.3) is 5.22 Å². The van der Waals surface area contributed by atoms with Crippen LogP contribution in [0.2, 0.25) is 5.02 Å². The molecule has 0 aliphatic heterocycles. The lowest BCUT2D eigenvalue weighted by molar-refractivity contribution is -0.113. The van der Waals surface area contributed by atoms with E-state index < -0.39 is 0 Å². The Kier molecular flexibility index (Phi) is 7.03. The number of carbonyl (C=O) groups is 1. The van der Waals surface area contributed by atoms with Gasteiger partial charge in [-0.15, -0.1) is 10.2 Å². The molecular formula is C22H18ClN3O4S. The van der Waals surface area contributed by atoms with Crippen LogP contribution in [0.25, 0.3) is 11.5 Å². The maximum atomic E-state index is 12.3. The molecule has 0 saturated heterocycles. The molecule has 31 heavy (non-hydrogen) atoms. The maximum absolute atomic E-state index is 12.3. The van der Waals surface area contributed by atoms with Crippen LogP contribution >= 0.6 is 23.4 Å². The number of anilines is 1. The fourth-order valence-electron chi connectivity index (χ4n) is 2.70. The minimum absolute atomic E-state index is 0.140. The molecule has 1 N–H and O–H groups in total. The molecule has 0 radical (unpaired) electrons. The minimum Gasteiger partial charge on any atom is -0.467 e. The van der Waals surface area contributed by atoms with Crippen LogP contribution in [-0.4, -0.2) is 21.9 Å². The van der Waals surface area contributed by atoms with E-state index in [2.05, 4.69) is 15.5 Å². The number of nitrogens with zero attached hydrogens (tertiary/aromatic N) is 2. The lowest BCUT2D eigenvalue weighted by atomic mass is 10.2. The van der Waals surface area contributed by atoms with Crippen LogP contribution in [-0.2, 0) is 22.7 Å². The molecule has 9 heteroatoms. The molecule has 0 atom stereocenters. The van der Waals surface area contributed by atoms with E-state index in [-0.39, 0.29) is 11.7 Å². The fourth-order valence-corrected chi connectivity index (χ4v) is 3.39. The van der Waals surface area contributed by atoms with Crippen molar-refractivity contribution >= 4 is 35.0 Å². The Labute approximate surface area is 187 Å². The summed E-state index contributed by atoms with van der Waals surface area (Å²) in [6.45, 7) is 0.803. The summed E-state index contributed by atoms with van der Waals surface area (Å²) in [5, 5.41) is 11.8. The molecular weight excluding hydrogens is 438 g/mol. The zero-order valence-corrected chi connectivity index (χ0v) is 17.9. The Morgan fingerprint density at radius 3 is 2.74 bits per heavy atom. The second kappa shape index (κ2) is 10.3. The first-order valence-electron chi connectivity index (χ1n) is 9.37. The quantitative estimate of drug-likeness (QED) is 0.336. The van der Waals surface area contributed by atoms with Crippen LogP contribution in [0.15, 0.2) is 81.0 Å². The van der Waals surface area contributed by atoms with E-state index in [1.165, 1.54) is 11.8 Å². The summed E-state index contributed by atoms with van der Waals surface area (Å²) in [7, 11) is 0. The summed E-state index contributed by atoms with van der Waals surface area (Å²) in [6, 6.07) is 18.3. The Hall–Kier alpha value is -3.07. The molecule has 0 aliphatic carbocycles. The van der Waals surface area contributed by atoms with Gasteiger partial charge in [0.2, 0.25) is 11.8 Å². The van der Waals surface area contributed by atoms with Crippen LogP contribution in [0.4, 0.5) is 5.69 Å². The molecule has 158 valence electrons. The molecule has 7 nitrogen and oxygen atoms in total. The number of amides is 1. The number of hydrogen-bond acceptors (Lipinski definition) is 7. The zero-order valence-electron chi connectivity index (χ0n) is 16.3. The summed E-state index contributed by atoms with van der Waals surface area (Å²) in [6.07, 6.45) is 1.61. The molecule has 4 rings (SSSR count). The predicted molar refractivity (Wildman–Crippen MR) is 118 cm³/mol.